The zero-order valence-corrected chi connectivity index (χ0v) is 13.3. The molecule has 1 aromatic carbocycles. The van der Waals surface area contributed by atoms with Gasteiger partial charge in [0.25, 0.3) is 11.5 Å². The van der Waals surface area contributed by atoms with Crippen LogP contribution in [0.5, 0.6) is 0 Å². The van der Waals surface area contributed by atoms with E-state index in [1.54, 1.807) is 35.2 Å². The minimum atomic E-state index is -0.0851. The van der Waals surface area contributed by atoms with Crippen LogP contribution in [0, 0.1) is 0 Å². The fourth-order valence-corrected chi connectivity index (χ4v) is 2.94. The van der Waals surface area contributed by atoms with Crippen LogP contribution < -0.4 is 11.3 Å². The van der Waals surface area contributed by atoms with Gasteiger partial charge in [0.1, 0.15) is 0 Å². The quantitative estimate of drug-likeness (QED) is 0.892. The largest absolute Gasteiger partial charge is 0.337 e. The standard InChI is InChI=1S/C17H22N4O2/c1-2-3-14-10-16(22)21(19-14)15-6-4-12(5-7-15)17(23)20-9-8-13(18)11-20/h4-7,10,13,19H,2-3,8-9,11,18H2,1H3. The number of hydrogen-bond donors (Lipinski definition) is 2. The van der Waals surface area contributed by atoms with Gasteiger partial charge in [-0.1, -0.05) is 13.3 Å². The zero-order valence-electron chi connectivity index (χ0n) is 13.3. The van der Waals surface area contributed by atoms with Crippen molar-refractivity contribution < 1.29 is 4.79 Å². The molecule has 0 radical (unpaired) electrons. The van der Waals surface area contributed by atoms with Gasteiger partial charge >= 0.3 is 0 Å². The number of nitrogens with zero attached hydrogens (tertiary/aromatic N) is 2. The number of nitrogens with one attached hydrogen (secondary N) is 1. The van der Waals surface area contributed by atoms with E-state index in [4.69, 9.17) is 5.73 Å². The molecule has 0 spiro atoms. The van der Waals surface area contributed by atoms with Crippen LogP contribution in [0.3, 0.4) is 0 Å². The van der Waals surface area contributed by atoms with Gasteiger partial charge in [0, 0.05) is 36.5 Å². The Kier molecular flexibility index (Phi) is 4.34. The van der Waals surface area contributed by atoms with Gasteiger partial charge in [0.2, 0.25) is 0 Å². The van der Waals surface area contributed by atoms with E-state index in [1.165, 1.54) is 4.68 Å². The summed E-state index contributed by atoms with van der Waals surface area (Å²) in [6, 6.07) is 8.79. The Morgan fingerprint density at radius 1 is 1.35 bits per heavy atom. The van der Waals surface area contributed by atoms with Crippen LogP contribution in [-0.2, 0) is 6.42 Å². The third kappa shape index (κ3) is 3.22. The van der Waals surface area contributed by atoms with Gasteiger partial charge in [0.05, 0.1) is 5.69 Å². The number of amides is 1. The van der Waals surface area contributed by atoms with Gasteiger partial charge < -0.3 is 10.6 Å². The summed E-state index contributed by atoms with van der Waals surface area (Å²) in [7, 11) is 0. The number of H-pyrrole nitrogens is 1. The molecule has 1 aliphatic heterocycles. The molecule has 1 unspecified atom stereocenters. The Morgan fingerprint density at radius 2 is 2.09 bits per heavy atom. The van der Waals surface area contributed by atoms with Crippen LogP contribution in [0.2, 0.25) is 0 Å². The highest BCUT2D eigenvalue weighted by Gasteiger charge is 2.24. The molecule has 1 fully saturated rings. The third-order valence-corrected chi connectivity index (χ3v) is 4.18. The summed E-state index contributed by atoms with van der Waals surface area (Å²) >= 11 is 0. The van der Waals surface area contributed by atoms with Crippen molar-refractivity contribution in [2.75, 3.05) is 13.1 Å². The number of aryl methyl sites for hydroxylation is 1. The van der Waals surface area contributed by atoms with Gasteiger partial charge in [-0.2, -0.15) is 0 Å². The molecule has 1 aromatic heterocycles. The minimum Gasteiger partial charge on any atom is -0.337 e. The normalized spacial score (nSPS) is 17.7. The number of hydrogen-bond acceptors (Lipinski definition) is 3. The van der Waals surface area contributed by atoms with Crippen molar-refractivity contribution in [3.63, 3.8) is 0 Å². The first-order valence-corrected chi connectivity index (χ1v) is 8.04. The molecule has 3 rings (SSSR count). The maximum absolute atomic E-state index is 12.4. The third-order valence-electron chi connectivity index (χ3n) is 4.18. The SMILES string of the molecule is CCCc1cc(=O)n(-c2ccc(C(=O)N3CCC(N)C3)cc2)[nH]1. The number of carbonyl (C=O) groups excluding carboxylic acids is 1. The minimum absolute atomic E-state index is 0.00463. The van der Waals surface area contributed by atoms with Crippen molar-refractivity contribution in [1.82, 2.24) is 14.7 Å². The summed E-state index contributed by atoms with van der Waals surface area (Å²) in [5.74, 6) is -0.00463. The molecule has 6 heteroatoms. The molecular weight excluding hydrogens is 292 g/mol. The monoisotopic (exact) mass is 314 g/mol. The first-order chi connectivity index (χ1) is 11.1. The lowest BCUT2D eigenvalue weighted by Gasteiger charge is -2.15. The smallest absolute Gasteiger partial charge is 0.271 e. The lowest BCUT2D eigenvalue weighted by atomic mass is 10.2. The molecule has 0 aliphatic carbocycles. The van der Waals surface area contributed by atoms with Gasteiger partial charge in [-0.05, 0) is 37.1 Å². The molecule has 1 atom stereocenters. The fraction of sp³-hybridized carbons (Fsp3) is 0.412. The molecule has 2 aromatic rings. The number of nitrogens with two attached hydrogens (primary N) is 1. The van der Waals surface area contributed by atoms with Crippen LogP contribution in [0.15, 0.2) is 35.1 Å². The maximum Gasteiger partial charge on any atom is 0.271 e. The van der Waals surface area contributed by atoms with Crippen molar-refractivity contribution >= 4 is 5.91 Å². The van der Waals surface area contributed by atoms with Crippen molar-refractivity contribution in [2.24, 2.45) is 5.73 Å². The number of aromatic nitrogens is 2. The summed E-state index contributed by atoms with van der Waals surface area (Å²) in [5.41, 5.74) is 8.03. The molecule has 1 aliphatic rings. The Bertz CT molecular complexity index is 745. The first kappa shape index (κ1) is 15.6. The van der Waals surface area contributed by atoms with E-state index in [0.717, 1.165) is 30.6 Å². The van der Waals surface area contributed by atoms with Crippen LogP contribution in [0.4, 0.5) is 0 Å². The molecule has 2 heterocycles. The average Bonchev–Trinajstić information content (AvgIpc) is 3.13. The first-order valence-electron chi connectivity index (χ1n) is 8.04. The van der Waals surface area contributed by atoms with E-state index >= 15 is 0 Å². The number of benzene rings is 1. The number of likely N-dealkylation sites (tertiary alicyclic amines) is 1. The Labute approximate surface area is 134 Å². The molecule has 1 amide bonds. The summed E-state index contributed by atoms with van der Waals surface area (Å²) in [6.45, 7) is 3.38. The summed E-state index contributed by atoms with van der Waals surface area (Å²) in [6.07, 6.45) is 2.67. The fourth-order valence-electron chi connectivity index (χ4n) is 2.94. The van der Waals surface area contributed by atoms with Gasteiger partial charge in [-0.25, -0.2) is 4.68 Å². The highest BCUT2D eigenvalue weighted by molar-refractivity contribution is 5.94. The zero-order chi connectivity index (χ0) is 16.4. The summed E-state index contributed by atoms with van der Waals surface area (Å²) in [4.78, 5) is 26.2. The highest BCUT2D eigenvalue weighted by atomic mass is 16.2. The Balaban J connectivity index is 1.79. The maximum atomic E-state index is 12.4. The molecule has 6 nitrogen and oxygen atoms in total. The second kappa shape index (κ2) is 6.42. The van der Waals surface area contributed by atoms with Crippen molar-refractivity contribution in [3.05, 3.63) is 51.9 Å². The predicted octanol–water partition coefficient (Wildman–Crippen LogP) is 1.29. The van der Waals surface area contributed by atoms with E-state index in [2.05, 4.69) is 12.0 Å². The molecule has 1 saturated heterocycles. The number of carbonyl (C=O) groups is 1. The van der Waals surface area contributed by atoms with Crippen molar-refractivity contribution in [3.8, 4) is 5.69 Å². The van der Waals surface area contributed by atoms with E-state index in [-0.39, 0.29) is 17.5 Å². The van der Waals surface area contributed by atoms with E-state index in [0.29, 0.717) is 18.7 Å². The van der Waals surface area contributed by atoms with E-state index < -0.39 is 0 Å². The molecule has 0 saturated carbocycles. The lowest BCUT2D eigenvalue weighted by molar-refractivity contribution is 0.0791. The van der Waals surface area contributed by atoms with Gasteiger partial charge in [0.15, 0.2) is 0 Å². The highest BCUT2D eigenvalue weighted by Crippen LogP contribution is 2.14. The number of aromatic amines is 1. The average molecular weight is 314 g/mol. The second-order valence-electron chi connectivity index (χ2n) is 6.05. The van der Waals surface area contributed by atoms with E-state index in [1.807, 2.05) is 0 Å². The molecule has 23 heavy (non-hydrogen) atoms. The van der Waals surface area contributed by atoms with Crippen LogP contribution in [0.25, 0.3) is 5.69 Å². The molecule has 122 valence electrons. The van der Waals surface area contributed by atoms with Crippen LogP contribution in [-0.4, -0.2) is 39.7 Å². The number of rotatable bonds is 4. The van der Waals surface area contributed by atoms with Crippen molar-refractivity contribution in [1.29, 1.82) is 0 Å². The topological polar surface area (TPSA) is 84.1 Å². The predicted molar refractivity (Wildman–Crippen MR) is 88.9 cm³/mol. The van der Waals surface area contributed by atoms with Crippen LogP contribution in [0.1, 0.15) is 35.8 Å². The van der Waals surface area contributed by atoms with E-state index in [9.17, 15) is 9.59 Å². The summed E-state index contributed by atoms with van der Waals surface area (Å²) < 4.78 is 1.50. The second-order valence-corrected chi connectivity index (χ2v) is 6.05. The van der Waals surface area contributed by atoms with Crippen molar-refractivity contribution in [2.45, 2.75) is 32.2 Å². The summed E-state index contributed by atoms with van der Waals surface area (Å²) in [5, 5.41) is 3.10. The molecular formula is C17H22N4O2. The molecule has 0 bridgehead atoms. The lowest BCUT2D eigenvalue weighted by Crippen LogP contribution is -2.31. The van der Waals surface area contributed by atoms with Gasteiger partial charge in [-0.15, -0.1) is 0 Å². The molecule has 3 N–H and O–H groups in total. The van der Waals surface area contributed by atoms with Gasteiger partial charge in [-0.3, -0.25) is 14.7 Å². The Morgan fingerprint density at radius 3 is 2.70 bits per heavy atom. The van der Waals surface area contributed by atoms with Crippen LogP contribution >= 0.6 is 0 Å². The Hall–Kier alpha value is -2.34.